The topological polar surface area (TPSA) is 114 Å². The molecule has 190 valence electrons. The van der Waals surface area contributed by atoms with Crippen LogP contribution < -0.4 is 26.6 Å². The van der Waals surface area contributed by atoms with Crippen LogP contribution in [0.4, 0.5) is 11.4 Å². The maximum Gasteiger partial charge on any atom is 0.329 e. The summed E-state index contributed by atoms with van der Waals surface area (Å²) in [5, 5.41) is 7.45. The van der Waals surface area contributed by atoms with E-state index >= 15 is 0 Å². The highest BCUT2D eigenvalue weighted by Crippen LogP contribution is 2.30. The van der Waals surface area contributed by atoms with Gasteiger partial charge in [-0.3, -0.25) is 9.36 Å². The number of fused-ring (bicyclic) bond motifs is 1. The fraction of sp³-hybridized carbons (Fsp3) is 0.0385. The molecule has 0 fully saturated rings. The Kier molecular flexibility index (Phi) is 7.36. The number of hydrogen-bond donors (Lipinski definition) is 3. The molecule has 2 heterocycles. The molecule has 2 aromatic heterocycles. The van der Waals surface area contributed by atoms with Gasteiger partial charge in [0.25, 0.3) is 5.56 Å². The highest BCUT2D eigenvalue weighted by molar-refractivity contribution is 7.80. The molecule has 5 aromatic rings. The summed E-state index contributed by atoms with van der Waals surface area (Å²) in [5.41, 5.74) is 1.22. The van der Waals surface area contributed by atoms with Crippen LogP contribution in [0.25, 0.3) is 10.9 Å². The van der Waals surface area contributed by atoms with Crippen LogP contribution in [0.5, 0.6) is 11.8 Å². The summed E-state index contributed by atoms with van der Waals surface area (Å²) in [6.07, 6.45) is 3.09. The lowest BCUT2D eigenvalue weighted by Crippen LogP contribution is -2.35. The summed E-state index contributed by atoms with van der Waals surface area (Å²) in [5.74, 6) is 0.366. The van der Waals surface area contributed by atoms with Gasteiger partial charge in [0.05, 0.1) is 33.2 Å². The van der Waals surface area contributed by atoms with Crippen molar-refractivity contribution in [3.8, 4) is 11.8 Å². The van der Waals surface area contributed by atoms with Gasteiger partial charge in [-0.2, -0.15) is 0 Å². The molecule has 3 aromatic carbocycles. The number of aromatic amines is 1. The number of para-hydroxylation sites is 1. The standard InChI is InChI=1S/C26H18Cl2N6O3S/c27-19-6-2-7-20(28)22(19)33-25(38)31-16-5-1-4-15(12-16)14-34-23(35)18-13-17(8-9-21(18)32-26(34)36)37-24-29-10-3-11-30-24/h1-13H,14H2,(H,32,36)(H2,31,33,38). The predicted molar refractivity (Wildman–Crippen MR) is 153 cm³/mol. The lowest BCUT2D eigenvalue weighted by molar-refractivity contribution is 0.442. The molecular formula is C26H18Cl2N6O3S. The van der Waals surface area contributed by atoms with Gasteiger partial charge in [-0.25, -0.2) is 14.8 Å². The number of thiocarbonyl (C=S) groups is 1. The Morgan fingerprint density at radius 1 is 0.947 bits per heavy atom. The number of hydrogen-bond acceptors (Lipinski definition) is 6. The molecule has 0 spiro atoms. The van der Waals surface area contributed by atoms with Gasteiger partial charge in [0.1, 0.15) is 5.75 Å². The van der Waals surface area contributed by atoms with Crippen LogP contribution in [0.1, 0.15) is 5.56 Å². The van der Waals surface area contributed by atoms with Crippen molar-refractivity contribution in [1.82, 2.24) is 19.5 Å². The van der Waals surface area contributed by atoms with Gasteiger partial charge in [0.2, 0.25) is 0 Å². The third-order valence-corrected chi connectivity index (χ3v) is 6.27. The Morgan fingerprint density at radius 2 is 1.68 bits per heavy atom. The maximum absolute atomic E-state index is 13.3. The van der Waals surface area contributed by atoms with Crippen LogP contribution in [-0.4, -0.2) is 24.6 Å². The third-order valence-electron chi connectivity index (χ3n) is 5.43. The van der Waals surface area contributed by atoms with Gasteiger partial charge >= 0.3 is 11.7 Å². The van der Waals surface area contributed by atoms with E-state index in [0.717, 1.165) is 4.57 Å². The summed E-state index contributed by atoms with van der Waals surface area (Å²) in [7, 11) is 0. The van der Waals surface area contributed by atoms with Crippen LogP contribution >= 0.6 is 35.4 Å². The van der Waals surface area contributed by atoms with Crippen LogP contribution in [0.2, 0.25) is 10.0 Å². The van der Waals surface area contributed by atoms with E-state index in [1.54, 1.807) is 79.1 Å². The van der Waals surface area contributed by atoms with Crippen LogP contribution in [0.15, 0.2) is 88.7 Å². The second-order valence-electron chi connectivity index (χ2n) is 8.04. The van der Waals surface area contributed by atoms with Gasteiger partial charge in [-0.05, 0) is 66.3 Å². The zero-order valence-electron chi connectivity index (χ0n) is 19.4. The number of nitrogens with one attached hydrogen (secondary N) is 3. The Bertz CT molecular complexity index is 1760. The first-order valence-electron chi connectivity index (χ1n) is 11.2. The van der Waals surface area contributed by atoms with Crippen molar-refractivity contribution in [3.05, 3.63) is 116 Å². The fourth-order valence-electron chi connectivity index (χ4n) is 3.70. The number of H-pyrrole nitrogens is 1. The summed E-state index contributed by atoms with van der Waals surface area (Å²) >= 11 is 17.8. The number of ether oxygens (including phenoxy) is 1. The molecule has 12 heteroatoms. The molecule has 0 saturated carbocycles. The van der Waals surface area contributed by atoms with Crippen molar-refractivity contribution >= 4 is 62.8 Å². The molecule has 0 saturated heterocycles. The summed E-state index contributed by atoms with van der Waals surface area (Å²) in [6, 6.07) is 18.9. The van der Waals surface area contributed by atoms with Gasteiger partial charge in [0.15, 0.2) is 5.11 Å². The smallest absolute Gasteiger partial charge is 0.329 e. The fourth-order valence-corrected chi connectivity index (χ4v) is 4.42. The van der Waals surface area contributed by atoms with Crippen molar-refractivity contribution in [2.75, 3.05) is 10.6 Å². The Hall–Kier alpha value is -4.25. The molecule has 0 unspecified atom stereocenters. The zero-order chi connectivity index (χ0) is 26.6. The molecular weight excluding hydrogens is 547 g/mol. The first-order valence-corrected chi connectivity index (χ1v) is 12.4. The number of rotatable bonds is 6. The van der Waals surface area contributed by atoms with Gasteiger partial charge < -0.3 is 20.4 Å². The normalized spacial score (nSPS) is 10.8. The van der Waals surface area contributed by atoms with E-state index in [2.05, 4.69) is 25.6 Å². The minimum atomic E-state index is -0.536. The van der Waals surface area contributed by atoms with Gasteiger partial charge in [0, 0.05) is 18.1 Å². The molecule has 0 amide bonds. The lowest BCUT2D eigenvalue weighted by atomic mass is 10.2. The molecule has 5 rings (SSSR count). The second kappa shape index (κ2) is 11.0. The average Bonchev–Trinajstić information content (AvgIpc) is 2.90. The molecule has 0 bridgehead atoms. The van der Waals surface area contributed by atoms with Gasteiger partial charge in [-0.1, -0.05) is 41.4 Å². The van der Waals surface area contributed by atoms with Crippen LogP contribution in [0.3, 0.4) is 0 Å². The Labute approximate surface area is 231 Å². The number of benzene rings is 3. The van der Waals surface area contributed by atoms with Gasteiger partial charge in [-0.15, -0.1) is 0 Å². The first kappa shape index (κ1) is 25.4. The van der Waals surface area contributed by atoms with Crippen molar-refractivity contribution in [3.63, 3.8) is 0 Å². The largest absolute Gasteiger partial charge is 0.424 e. The highest BCUT2D eigenvalue weighted by atomic mass is 35.5. The molecule has 0 aliphatic rings. The third kappa shape index (κ3) is 5.67. The number of anilines is 2. The van der Waals surface area contributed by atoms with E-state index in [9.17, 15) is 9.59 Å². The van der Waals surface area contributed by atoms with Crippen LogP contribution in [0, 0.1) is 0 Å². The first-order chi connectivity index (χ1) is 18.4. The van der Waals surface area contributed by atoms with Crippen molar-refractivity contribution in [2.45, 2.75) is 6.54 Å². The number of nitrogens with zero attached hydrogens (tertiary/aromatic N) is 3. The SMILES string of the molecule is O=c1[nH]c2ccc(Oc3ncccn3)cc2c(=O)n1Cc1cccc(NC(=S)Nc2c(Cl)cccc2Cl)c1. The Morgan fingerprint density at radius 3 is 2.45 bits per heavy atom. The van der Waals surface area contributed by atoms with E-state index in [1.807, 2.05) is 0 Å². The maximum atomic E-state index is 13.3. The average molecular weight is 565 g/mol. The Balaban J connectivity index is 1.37. The molecule has 3 N–H and O–H groups in total. The second-order valence-corrected chi connectivity index (χ2v) is 9.26. The minimum Gasteiger partial charge on any atom is -0.424 e. The number of halogens is 2. The highest BCUT2D eigenvalue weighted by Gasteiger charge is 2.12. The monoisotopic (exact) mass is 564 g/mol. The summed E-state index contributed by atoms with van der Waals surface area (Å²) < 4.78 is 6.75. The van der Waals surface area contributed by atoms with Crippen molar-refractivity contribution in [2.24, 2.45) is 0 Å². The van der Waals surface area contributed by atoms with E-state index in [1.165, 1.54) is 0 Å². The zero-order valence-corrected chi connectivity index (χ0v) is 21.8. The molecule has 0 atom stereocenters. The van der Waals surface area contributed by atoms with E-state index in [4.69, 9.17) is 40.2 Å². The van der Waals surface area contributed by atoms with E-state index in [0.29, 0.717) is 38.2 Å². The minimum absolute atomic E-state index is 0.0308. The predicted octanol–water partition coefficient (Wildman–Crippen LogP) is 5.44. The molecule has 38 heavy (non-hydrogen) atoms. The molecule has 0 aliphatic heterocycles. The summed E-state index contributed by atoms with van der Waals surface area (Å²) in [4.78, 5) is 36.8. The number of aromatic nitrogens is 4. The van der Waals surface area contributed by atoms with E-state index in [-0.39, 0.29) is 23.1 Å². The van der Waals surface area contributed by atoms with Crippen LogP contribution in [-0.2, 0) is 6.54 Å². The van der Waals surface area contributed by atoms with Crippen molar-refractivity contribution in [1.29, 1.82) is 0 Å². The quantitative estimate of drug-likeness (QED) is 0.234. The lowest BCUT2D eigenvalue weighted by Gasteiger charge is -2.14. The molecule has 9 nitrogen and oxygen atoms in total. The molecule has 0 aliphatic carbocycles. The molecule has 0 radical (unpaired) electrons. The van der Waals surface area contributed by atoms with Crippen molar-refractivity contribution < 1.29 is 4.74 Å². The summed E-state index contributed by atoms with van der Waals surface area (Å²) in [6.45, 7) is 0.0308. The van der Waals surface area contributed by atoms with E-state index < -0.39 is 11.2 Å².